The number of carbonyl (C=O) groups is 1. The fraction of sp³-hybridized carbons (Fsp3) is 0.435. The third kappa shape index (κ3) is 3.66. The zero-order chi connectivity index (χ0) is 18.8. The van der Waals surface area contributed by atoms with E-state index in [1.165, 1.54) is 12.8 Å². The summed E-state index contributed by atoms with van der Waals surface area (Å²) in [5, 5.41) is 0. The average molecular weight is 365 g/mol. The van der Waals surface area contributed by atoms with Crippen LogP contribution in [0, 0.1) is 6.92 Å². The molecule has 0 N–H and O–H groups in total. The number of benzene rings is 2. The second-order valence-corrected chi connectivity index (χ2v) is 7.63. The van der Waals surface area contributed by atoms with Crippen LogP contribution < -0.4 is 14.4 Å². The highest BCUT2D eigenvalue weighted by molar-refractivity contribution is 5.97. The lowest BCUT2D eigenvalue weighted by Gasteiger charge is -2.20. The Morgan fingerprint density at radius 1 is 1.04 bits per heavy atom. The monoisotopic (exact) mass is 365 g/mol. The Kier molecular flexibility index (Phi) is 5.06. The van der Waals surface area contributed by atoms with E-state index in [0.717, 1.165) is 41.2 Å². The summed E-state index contributed by atoms with van der Waals surface area (Å²) in [5.41, 5.74) is 3.29. The van der Waals surface area contributed by atoms with Crippen LogP contribution >= 0.6 is 0 Å². The van der Waals surface area contributed by atoms with Gasteiger partial charge in [-0.1, -0.05) is 24.3 Å². The maximum atomic E-state index is 12.7. The molecule has 1 saturated heterocycles. The van der Waals surface area contributed by atoms with Crippen LogP contribution in [0.1, 0.15) is 49.1 Å². The topological polar surface area (TPSA) is 38.8 Å². The third-order valence-electron chi connectivity index (χ3n) is 5.79. The first-order valence-corrected chi connectivity index (χ1v) is 9.86. The van der Waals surface area contributed by atoms with Gasteiger partial charge in [0.25, 0.3) is 0 Å². The summed E-state index contributed by atoms with van der Waals surface area (Å²) in [6.45, 7) is 2.76. The van der Waals surface area contributed by atoms with Gasteiger partial charge in [0.1, 0.15) is 0 Å². The van der Waals surface area contributed by atoms with Gasteiger partial charge in [-0.15, -0.1) is 0 Å². The molecular weight excluding hydrogens is 338 g/mol. The quantitative estimate of drug-likeness (QED) is 0.761. The van der Waals surface area contributed by atoms with Crippen molar-refractivity contribution in [2.24, 2.45) is 0 Å². The lowest BCUT2D eigenvalue weighted by Crippen LogP contribution is -2.25. The highest BCUT2D eigenvalue weighted by atomic mass is 16.5. The molecule has 27 heavy (non-hydrogen) atoms. The van der Waals surface area contributed by atoms with Crippen molar-refractivity contribution in [1.29, 1.82) is 0 Å². The van der Waals surface area contributed by atoms with Gasteiger partial charge in [-0.25, -0.2) is 0 Å². The molecule has 1 heterocycles. The minimum Gasteiger partial charge on any atom is -0.493 e. The van der Waals surface area contributed by atoms with E-state index in [2.05, 4.69) is 25.1 Å². The molecule has 4 nitrogen and oxygen atoms in total. The summed E-state index contributed by atoms with van der Waals surface area (Å²) in [6.07, 6.45) is 5.49. The number of anilines is 1. The number of para-hydroxylation sites is 1. The fourth-order valence-corrected chi connectivity index (χ4v) is 4.26. The van der Waals surface area contributed by atoms with Crippen LogP contribution in [-0.4, -0.2) is 25.7 Å². The first kappa shape index (κ1) is 17.9. The normalized spacial score (nSPS) is 20.3. The van der Waals surface area contributed by atoms with Crippen LogP contribution in [0.2, 0.25) is 0 Å². The Balaban J connectivity index is 1.56. The van der Waals surface area contributed by atoms with Crippen molar-refractivity contribution >= 4 is 11.6 Å². The molecule has 2 aromatic carbocycles. The molecule has 0 spiro atoms. The third-order valence-corrected chi connectivity index (χ3v) is 5.79. The van der Waals surface area contributed by atoms with Crippen LogP contribution in [0.5, 0.6) is 11.5 Å². The Morgan fingerprint density at radius 3 is 2.56 bits per heavy atom. The summed E-state index contributed by atoms with van der Waals surface area (Å²) in [6, 6.07) is 14.2. The lowest BCUT2D eigenvalue weighted by atomic mass is 9.98. The molecular formula is C23H27NO3. The average Bonchev–Trinajstić information content (AvgIpc) is 3.32. The molecule has 0 bridgehead atoms. The van der Waals surface area contributed by atoms with Crippen LogP contribution in [0.3, 0.4) is 0 Å². The number of ether oxygens (including phenoxy) is 2. The van der Waals surface area contributed by atoms with Gasteiger partial charge in [0.15, 0.2) is 11.5 Å². The SMILES string of the molecule is COc1ccc([C@H]2CC(=O)N(c3ccccc3C)C2)cc1OC1CCCC1. The number of nitrogens with zero attached hydrogens (tertiary/aromatic N) is 1. The summed E-state index contributed by atoms with van der Waals surface area (Å²) >= 11 is 0. The smallest absolute Gasteiger partial charge is 0.227 e. The molecule has 0 radical (unpaired) electrons. The number of rotatable bonds is 5. The number of methoxy groups -OCH3 is 1. The van der Waals surface area contributed by atoms with Gasteiger partial charge in [0, 0.05) is 24.6 Å². The van der Waals surface area contributed by atoms with Gasteiger partial charge in [0.2, 0.25) is 5.91 Å². The molecule has 1 amide bonds. The zero-order valence-electron chi connectivity index (χ0n) is 16.1. The highest BCUT2D eigenvalue weighted by Gasteiger charge is 2.32. The first-order valence-electron chi connectivity index (χ1n) is 9.86. The Labute approximate surface area is 161 Å². The number of carbonyl (C=O) groups excluding carboxylic acids is 1. The molecule has 2 fully saturated rings. The summed E-state index contributed by atoms with van der Waals surface area (Å²) in [5.74, 6) is 1.94. The Hall–Kier alpha value is -2.49. The summed E-state index contributed by atoms with van der Waals surface area (Å²) < 4.78 is 11.7. The molecule has 1 aliphatic carbocycles. The Morgan fingerprint density at radius 2 is 1.81 bits per heavy atom. The molecule has 2 aliphatic rings. The van der Waals surface area contributed by atoms with Crippen LogP contribution in [0.15, 0.2) is 42.5 Å². The van der Waals surface area contributed by atoms with Crippen molar-refractivity contribution in [3.8, 4) is 11.5 Å². The van der Waals surface area contributed by atoms with Crippen molar-refractivity contribution in [3.63, 3.8) is 0 Å². The van der Waals surface area contributed by atoms with E-state index >= 15 is 0 Å². The minimum atomic E-state index is 0.175. The van der Waals surface area contributed by atoms with Gasteiger partial charge in [-0.05, 0) is 61.9 Å². The van der Waals surface area contributed by atoms with E-state index in [9.17, 15) is 4.79 Å². The molecule has 4 heteroatoms. The van der Waals surface area contributed by atoms with Crippen LogP contribution in [0.4, 0.5) is 5.69 Å². The lowest BCUT2D eigenvalue weighted by molar-refractivity contribution is -0.117. The molecule has 4 rings (SSSR count). The molecule has 142 valence electrons. The van der Waals surface area contributed by atoms with Crippen molar-refractivity contribution in [2.45, 2.75) is 51.0 Å². The summed E-state index contributed by atoms with van der Waals surface area (Å²) in [7, 11) is 1.68. The van der Waals surface area contributed by atoms with E-state index < -0.39 is 0 Å². The number of aryl methyl sites for hydroxylation is 1. The predicted octanol–water partition coefficient (Wildman–Crippen LogP) is 4.85. The summed E-state index contributed by atoms with van der Waals surface area (Å²) in [4.78, 5) is 14.6. The zero-order valence-corrected chi connectivity index (χ0v) is 16.1. The molecule has 1 saturated carbocycles. The standard InChI is InChI=1S/C23H27NO3/c1-16-7-3-6-10-20(16)24-15-18(14-23(24)25)17-11-12-21(26-2)22(13-17)27-19-8-4-5-9-19/h3,6-7,10-13,18-19H,4-5,8-9,14-15H2,1-2H3/t18-/m0/s1. The first-order chi connectivity index (χ1) is 13.2. The molecule has 1 aliphatic heterocycles. The second kappa shape index (κ2) is 7.63. The van der Waals surface area contributed by atoms with Crippen molar-refractivity contribution in [3.05, 3.63) is 53.6 Å². The fourth-order valence-electron chi connectivity index (χ4n) is 4.26. The second-order valence-electron chi connectivity index (χ2n) is 7.63. The van der Waals surface area contributed by atoms with E-state index in [-0.39, 0.29) is 17.9 Å². The van der Waals surface area contributed by atoms with E-state index in [0.29, 0.717) is 13.0 Å². The maximum absolute atomic E-state index is 12.7. The maximum Gasteiger partial charge on any atom is 0.227 e. The van der Waals surface area contributed by atoms with Crippen molar-refractivity contribution in [1.82, 2.24) is 0 Å². The van der Waals surface area contributed by atoms with Gasteiger partial charge in [-0.2, -0.15) is 0 Å². The van der Waals surface area contributed by atoms with E-state index in [4.69, 9.17) is 9.47 Å². The van der Waals surface area contributed by atoms with Crippen molar-refractivity contribution in [2.75, 3.05) is 18.6 Å². The van der Waals surface area contributed by atoms with Crippen LogP contribution in [0.25, 0.3) is 0 Å². The predicted molar refractivity (Wildman–Crippen MR) is 107 cm³/mol. The van der Waals surface area contributed by atoms with Gasteiger partial charge in [-0.3, -0.25) is 4.79 Å². The van der Waals surface area contributed by atoms with Gasteiger partial charge >= 0.3 is 0 Å². The highest BCUT2D eigenvalue weighted by Crippen LogP contribution is 2.38. The number of amides is 1. The number of hydrogen-bond acceptors (Lipinski definition) is 3. The van der Waals surface area contributed by atoms with Gasteiger partial charge < -0.3 is 14.4 Å². The van der Waals surface area contributed by atoms with E-state index in [1.807, 2.05) is 29.2 Å². The largest absolute Gasteiger partial charge is 0.493 e. The molecule has 0 aromatic heterocycles. The van der Waals surface area contributed by atoms with Crippen LogP contribution in [-0.2, 0) is 4.79 Å². The van der Waals surface area contributed by atoms with Crippen molar-refractivity contribution < 1.29 is 14.3 Å². The molecule has 0 unspecified atom stereocenters. The Bertz CT molecular complexity index is 826. The van der Waals surface area contributed by atoms with E-state index in [1.54, 1.807) is 7.11 Å². The molecule has 2 aromatic rings. The minimum absolute atomic E-state index is 0.175. The molecule has 1 atom stereocenters. The van der Waals surface area contributed by atoms with Gasteiger partial charge in [0.05, 0.1) is 13.2 Å². The number of hydrogen-bond donors (Lipinski definition) is 0.